The van der Waals surface area contributed by atoms with Crippen molar-refractivity contribution in [3.63, 3.8) is 0 Å². The van der Waals surface area contributed by atoms with Crippen molar-refractivity contribution in [1.29, 1.82) is 0 Å². The predicted octanol–water partition coefficient (Wildman–Crippen LogP) is 2.45. The lowest BCUT2D eigenvalue weighted by atomic mass is 9.75. The third-order valence-electron chi connectivity index (χ3n) is 3.53. The molecule has 1 saturated heterocycles. The van der Waals surface area contributed by atoms with Gasteiger partial charge in [-0.05, 0) is 50.0 Å². The van der Waals surface area contributed by atoms with Crippen LogP contribution in [0.5, 0.6) is 0 Å². The number of aliphatic hydroxyl groups excluding tert-OH is 1. The van der Waals surface area contributed by atoms with Gasteiger partial charge in [-0.3, -0.25) is 0 Å². The first-order chi connectivity index (χ1) is 7.77. The van der Waals surface area contributed by atoms with E-state index in [2.05, 4.69) is 39.4 Å². The zero-order valence-electron chi connectivity index (χ0n) is 9.38. The van der Waals surface area contributed by atoms with Gasteiger partial charge in [0.25, 0.3) is 0 Å². The standard InChI is InChI=1S/C13H18BrNO/c14-12-4-1-3-11(9-12)13(10-16)5-2-7-15-8-6-13/h1,3-4,9,15-16H,2,5-8,10H2. The summed E-state index contributed by atoms with van der Waals surface area (Å²) in [5, 5.41) is 13.2. The van der Waals surface area contributed by atoms with E-state index in [1.165, 1.54) is 5.56 Å². The summed E-state index contributed by atoms with van der Waals surface area (Å²) in [6.07, 6.45) is 3.21. The monoisotopic (exact) mass is 283 g/mol. The third-order valence-corrected chi connectivity index (χ3v) is 4.02. The second kappa shape index (κ2) is 5.30. The summed E-state index contributed by atoms with van der Waals surface area (Å²) in [5.41, 5.74) is 1.21. The van der Waals surface area contributed by atoms with Crippen LogP contribution in [0.1, 0.15) is 24.8 Å². The molecule has 0 saturated carbocycles. The van der Waals surface area contributed by atoms with E-state index in [4.69, 9.17) is 0 Å². The Labute approximate surface area is 105 Å². The van der Waals surface area contributed by atoms with Crippen LogP contribution in [0, 0.1) is 0 Å². The maximum Gasteiger partial charge on any atom is 0.0528 e. The van der Waals surface area contributed by atoms with Crippen LogP contribution >= 0.6 is 15.9 Å². The normalized spacial score (nSPS) is 26.4. The van der Waals surface area contributed by atoms with Crippen molar-refractivity contribution in [3.05, 3.63) is 34.3 Å². The van der Waals surface area contributed by atoms with Crippen LogP contribution in [0.15, 0.2) is 28.7 Å². The van der Waals surface area contributed by atoms with Crippen molar-refractivity contribution in [2.24, 2.45) is 0 Å². The van der Waals surface area contributed by atoms with Crippen molar-refractivity contribution in [3.8, 4) is 0 Å². The van der Waals surface area contributed by atoms with E-state index in [0.717, 1.165) is 36.8 Å². The van der Waals surface area contributed by atoms with Gasteiger partial charge in [0.1, 0.15) is 0 Å². The van der Waals surface area contributed by atoms with Crippen molar-refractivity contribution >= 4 is 15.9 Å². The topological polar surface area (TPSA) is 32.3 Å². The lowest BCUT2D eigenvalue weighted by molar-refractivity contribution is 0.179. The summed E-state index contributed by atoms with van der Waals surface area (Å²) in [7, 11) is 0. The Kier molecular flexibility index (Phi) is 4.00. The fourth-order valence-corrected chi connectivity index (χ4v) is 2.89. The highest BCUT2D eigenvalue weighted by Gasteiger charge is 2.32. The quantitative estimate of drug-likeness (QED) is 0.874. The Morgan fingerprint density at radius 3 is 2.94 bits per heavy atom. The Hall–Kier alpha value is -0.380. The average Bonchev–Trinajstić information content (AvgIpc) is 2.55. The molecule has 0 amide bonds. The molecular weight excluding hydrogens is 266 g/mol. The summed E-state index contributed by atoms with van der Waals surface area (Å²) >= 11 is 3.50. The molecule has 3 heteroatoms. The first-order valence-electron chi connectivity index (χ1n) is 5.84. The van der Waals surface area contributed by atoms with Crippen LogP contribution in [0.3, 0.4) is 0 Å². The van der Waals surface area contributed by atoms with E-state index >= 15 is 0 Å². The van der Waals surface area contributed by atoms with Gasteiger partial charge in [0, 0.05) is 9.89 Å². The Balaban J connectivity index is 2.31. The molecule has 0 bridgehead atoms. The number of aliphatic hydroxyl groups is 1. The number of benzene rings is 1. The fourth-order valence-electron chi connectivity index (χ4n) is 2.49. The fraction of sp³-hybridized carbons (Fsp3) is 0.538. The highest BCUT2D eigenvalue weighted by atomic mass is 79.9. The lowest BCUT2D eigenvalue weighted by Crippen LogP contribution is -2.31. The minimum Gasteiger partial charge on any atom is -0.395 e. The molecule has 0 spiro atoms. The predicted molar refractivity (Wildman–Crippen MR) is 69.6 cm³/mol. The van der Waals surface area contributed by atoms with Gasteiger partial charge in [-0.25, -0.2) is 0 Å². The molecule has 88 valence electrons. The maximum absolute atomic E-state index is 9.77. The van der Waals surface area contributed by atoms with E-state index in [9.17, 15) is 5.11 Å². The molecule has 0 aromatic heterocycles. The average molecular weight is 284 g/mol. The Bertz CT molecular complexity index is 346. The molecule has 1 aromatic carbocycles. The van der Waals surface area contributed by atoms with Gasteiger partial charge < -0.3 is 10.4 Å². The molecular formula is C13H18BrNO. The summed E-state index contributed by atoms with van der Waals surface area (Å²) in [5.74, 6) is 0. The van der Waals surface area contributed by atoms with Gasteiger partial charge in [0.15, 0.2) is 0 Å². The number of hydrogen-bond donors (Lipinski definition) is 2. The van der Waals surface area contributed by atoms with Crippen LogP contribution in [-0.4, -0.2) is 24.8 Å². The third kappa shape index (κ3) is 2.47. The highest BCUT2D eigenvalue weighted by Crippen LogP contribution is 2.34. The van der Waals surface area contributed by atoms with Gasteiger partial charge in [0.05, 0.1) is 6.61 Å². The molecule has 1 atom stereocenters. The second-order valence-corrected chi connectivity index (χ2v) is 5.47. The van der Waals surface area contributed by atoms with Crippen LogP contribution < -0.4 is 5.32 Å². The van der Waals surface area contributed by atoms with Crippen molar-refractivity contribution < 1.29 is 5.11 Å². The zero-order chi connectivity index (χ0) is 11.4. The van der Waals surface area contributed by atoms with Gasteiger partial charge >= 0.3 is 0 Å². The van der Waals surface area contributed by atoms with Crippen molar-refractivity contribution in [2.45, 2.75) is 24.7 Å². The SMILES string of the molecule is OCC1(c2cccc(Br)c2)CCCNCC1. The summed E-state index contributed by atoms with van der Waals surface area (Å²) < 4.78 is 1.09. The van der Waals surface area contributed by atoms with Crippen LogP contribution in [0.4, 0.5) is 0 Å². The van der Waals surface area contributed by atoms with Crippen molar-refractivity contribution in [2.75, 3.05) is 19.7 Å². The highest BCUT2D eigenvalue weighted by molar-refractivity contribution is 9.10. The Morgan fingerprint density at radius 2 is 2.19 bits per heavy atom. The molecule has 1 fully saturated rings. The van der Waals surface area contributed by atoms with E-state index in [-0.39, 0.29) is 12.0 Å². The second-order valence-electron chi connectivity index (χ2n) is 4.55. The molecule has 1 aliphatic rings. The maximum atomic E-state index is 9.77. The van der Waals surface area contributed by atoms with Crippen LogP contribution in [0.2, 0.25) is 0 Å². The molecule has 16 heavy (non-hydrogen) atoms. The van der Waals surface area contributed by atoms with Gasteiger partial charge in [-0.2, -0.15) is 0 Å². The number of nitrogens with one attached hydrogen (secondary N) is 1. The summed E-state index contributed by atoms with van der Waals surface area (Å²) in [6.45, 7) is 2.30. The minimum absolute atomic E-state index is 0.0483. The molecule has 1 aliphatic heterocycles. The van der Waals surface area contributed by atoms with E-state index in [1.807, 2.05) is 6.07 Å². The smallest absolute Gasteiger partial charge is 0.0528 e. The largest absolute Gasteiger partial charge is 0.395 e. The van der Waals surface area contributed by atoms with Crippen LogP contribution in [-0.2, 0) is 5.41 Å². The molecule has 2 rings (SSSR count). The van der Waals surface area contributed by atoms with E-state index < -0.39 is 0 Å². The molecule has 0 radical (unpaired) electrons. The molecule has 2 N–H and O–H groups in total. The van der Waals surface area contributed by atoms with Crippen LogP contribution in [0.25, 0.3) is 0 Å². The first-order valence-corrected chi connectivity index (χ1v) is 6.64. The van der Waals surface area contributed by atoms with Gasteiger partial charge in [-0.1, -0.05) is 28.1 Å². The molecule has 2 nitrogen and oxygen atoms in total. The van der Waals surface area contributed by atoms with Gasteiger partial charge in [0.2, 0.25) is 0 Å². The zero-order valence-corrected chi connectivity index (χ0v) is 11.0. The summed E-state index contributed by atoms with van der Waals surface area (Å²) in [4.78, 5) is 0. The molecule has 0 aliphatic carbocycles. The molecule has 1 unspecified atom stereocenters. The molecule has 1 aromatic rings. The minimum atomic E-state index is -0.0483. The van der Waals surface area contributed by atoms with E-state index in [1.54, 1.807) is 0 Å². The lowest BCUT2D eigenvalue weighted by Gasteiger charge is -2.31. The Morgan fingerprint density at radius 1 is 1.31 bits per heavy atom. The number of rotatable bonds is 2. The molecule has 1 heterocycles. The van der Waals surface area contributed by atoms with Crippen molar-refractivity contribution in [1.82, 2.24) is 5.32 Å². The van der Waals surface area contributed by atoms with Gasteiger partial charge in [-0.15, -0.1) is 0 Å². The summed E-state index contributed by atoms with van der Waals surface area (Å²) in [6, 6.07) is 8.35. The number of halogens is 1. The van der Waals surface area contributed by atoms with E-state index in [0.29, 0.717) is 0 Å². The number of hydrogen-bond acceptors (Lipinski definition) is 2. The first kappa shape index (κ1) is 12.1.